The van der Waals surface area contributed by atoms with Gasteiger partial charge in [0.2, 0.25) is 0 Å². The molecule has 0 bridgehead atoms. The van der Waals surface area contributed by atoms with Crippen LogP contribution < -0.4 is 5.73 Å². The van der Waals surface area contributed by atoms with Crippen molar-refractivity contribution in [3.05, 3.63) is 41.7 Å². The number of carbonyl (C=O) groups excluding carboxylic acids is 1. The second-order valence-corrected chi connectivity index (χ2v) is 3.52. The number of nitrogens with zero attached hydrogens (tertiary/aromatic N) is 2. The van der Waals surface area contributed by atoms with E-state index in [1.807, 2.05) is 0 Å². The Morgan fingerprint density at radius 2 is 1.94 bits per heavy atom. The lowest BCUT2D eigenvalue weighted by Crippen LogP contribution is -2.11. The predicted molar refractivity (Wildman–Crippen MR) is 57.1 cm³/mol. The molecule has 0 saturated heterocycles. The Balaban J connectivity index is 2.64. The van der Waals surface area contributed by atoms with Crippen LogP contribution in [0.3, 0.4) is 0 Å². The lowest BCUT2D eigenvalue weighted by atomic mass is 10.2. The number of aryl methyl sites for hydroxylation is 1. The number of hydrogen-bond acceptors (Lipinski definition) is 2. The van der Waals surface area contributed by atoms with Gasteiger partial charge in [0.05, 0.1) is 5.56 Å². The van der Waals surface area contributed by atoms with E-state index in [2.05, 4.69) is 4.98 Å². The molecule has 1 aromatic carbocycles. The van der Waals surface area contributed by atoms with Gasteiger partial charge in [0.25, 0.3) is 5.91 Å². The summed E-state index contributed by atoms with van der Waals surface area (Å²) in [7, 11) is 1.53. The van der Waals surface area contributed by atoms with E-state index < -0.39 is 17.5 Å². The molecular formula is C11H9F2N3O. The van der Waals surface area contributed by atoms with Crippen molar-refractivity contribution in [2.75, 3.05) is 0 Å². The summed E-state index contributed by atoms with van der Waals surface area (Å²) in [4.78, 5) is 14.7. The molecule has 1 aromatic heterocycles. The van der Waals surface area contributed by atoms with E-state index in [0.717, 1.165) is 12.1 Å². The molecular weight excluding hydrogens is 228 g/mol. The first-order valence-electron chi connectivity index (χ1n) is 4.78. The second-order valence-electron chi connectivity index (χ2n) is 3.52. The van der Waals surface area contributed by atoms with Crippen LogP contribution in [0.25, 0.3) is 11.4 Å². The van der Waals surface area contributed by atoms with Crippen molar-refractivity contribution in [1.29, 1.82) is 0 Å². The Hall–Kier alpha value is -2.24. The van der Waals surface area contributed by atoms with E-state index in [9.17, 15) is 13.6 Å². The number of aromatic nitrogens is 2. The lowest BCUT2D eigenvalue weighted by Gasteiger charge is -2.03. The van der Waals surface area contributed by atoms with Crippen molar-refractivity contribution in [3.63, 3.8) is 0 Å². The maximum absolute atomic E-state index is 13.5. The predicted octanol–water partition coefficient (Wildman–Crippen LogP) is 1.46. The maximum atomic E-state index is 13.5. The van der Waals surface area contributed by atoms with Crippen LogP contribution in [0.5, 0.6) is 0 Å². The zero-order chi connectivity index (χ0) is 12.6. The summed E-state index contributed by atoms with van der Waals surface area (Å²) < 4.78 is 28.4. The summed E-state index contributed by atoms with van der Waals surface area (Å²) in [5.74, 6) is -2.21. The highest BCUT2D eigenvalue weighted by molar-refractivity contribution is 5.91. The molecule has 0 fully saturated rings. The molecule has 0 aliphatic rings. The molecule has 0 unspecified atom stereocenters. The number of carbonyl (C=O) groups is 1. The number of nitrogens with two attached hydrogens (primary N) is 1. The van der Waals surface area contributed by atoms with E-state index in [1.165, 1.54) is 23.9 Å². The molecule has 0 radical (unpaired) electrons. The summed E-state index contributed by atoms with van der Waals surface area (Å²) >= 11 is 0. The fourth-order valence-corrected chi connectivity index (χ4v) is 1.53. The monoisotopic (exact) mass is 237 g/mol. The standard InChI is InChI=1S/C11H9F2N3O/c1-16-5-8(10(14)17)15-11(16)9-6(12)3-2-4-7(9)13/h2-5H,1H3,(H2,14,17). The largest absolute Gasteiger partial charge is 0.364 e. The Morgan fingerprint density at radius 1 is 1.35 bits per heavy atom. The maximum Gasteiger partial charge on any atom is 0.268 e. The van der Waals surface area contributed by atoms with E-state index in [1.54, 1.807) is 0 Å². The Bertz CT molecular complexity index is 572. The molecule has 88 valence electrons. The zero-order valence-electron chi connectivity index (χ0n) is 8.95. The third kappa shape index (κ3) is 1.89. The summed E-state index contributed by atoms with van der Waals surface area (Å²) in [5.41, 5.74) is 4.74. The molecule has 2 aromatic rings. The van der Waals surface area contributed by atoms with Gasteiger partial charge in [0.15, 0.2) is 0 Å². The highest BCUT2D eigenvalue weighted by Crippen LogP contribution is 2.24. The molecule has 2 rings (SSSR count). The summed E-state index contributed by atoms with van der Waals surface area (Å²) in [6.07, 6.45) is 1.32. The first kappa shape index (κ1) is 11.3. The van der Waals surface area contributed by atoms with Gasteiger partial charge in [0, 0.05) is 13.2 Å². The van der Waals surface area contributed by atoms with Crippen LogP contribution in [0.4, 0.5) is 8.78 Å². The molecule has 2 N–H and O–H groups in total. The van der Waals surface area contributed by atoms with Gasteiger partial charge >= 0.3 is 0 Å². The minimum Gasteiger partial charge on any atom is -0.364 e. The van der Waals surface area contributed by atoms with Gasteiger partial charge in [-0.05, 0) is 12.1 Å². The smallest absolute Gasteiger partial charge is 0.268 e. The van der Waals surface area contributed by atoms with Crippen molar-refractivity contribution < 1.29 is 13.6 Å². The normalized spacial score (nSPS) is 10.5. The number of imidazole rings is 1. The molecule has 0 spiro atoms. The number of amides is 1. The quantitative estimate of drug-likeness (QED) is 0.859. The fraction of sp³-hybridized carbons (Fsp3) is 0.0909. The van der Waals surface area contributed by atoms with Crippen LogP contribution in [-0.2, 0) is 7.05 Å². The van der Waals surface area contributed by atoms with Crippen LogP contribution in [-0.4, -0.2) is 15.5 Å². The van der Waals surface area contributed by atoms with Gasteiger partial charge in [0.1, 0.15) is 23.2 Å². The third-order valence-electron chi connectivity index (χ3n) is 2.32. The second kappa shape index (κ2) is 3.97. The van der Waals surface area contributed by atoms with Crippen LogP contribution in [0.1, 0.15) is 10.5 Å². The van der Waals surface area contributed by atoms with Crippen LogP contribution in [0.15, 0.2) is 24.4 Å². The summed E-state index contributed by atoms with van der Waals surface area (Å²) in [6.45, 7) is 0. The minimum atomic E-state index is -0.747. The molecule has 1 heterocycles. The van der Waals surface area contributed by atoms with Gasteiger partial charge in [-0.2, -0.15) is 0 Å². The number of hydrogen-bond donors (Lipinski definition) is 1. The topological polar surface area (TPSA) is 60.9 Å². The van der Waals surface area contributed by atoms with Crippen LogP contribution in [0.2, 0.25) is 0 Å². The summed E-state index contributed by atoms with van der Waals surface area (Å²) in [5, 5.41) is 0. The molecule has 0 aliphatic carbocycles. The van der Waals surface area contributed by atoms with Crippen molar-refractivity contribution in [2.45, 2.75) is 0 Å². The average Bonchev–Trinajstić information content (AvgIpc) is 2.61. The molecule has 17 heavy (non-hydrogen) atoms. The first-order valence-corrected chi connectivity index (χ1v) is 4.78. The van der Waals surface area contributed by atoms with E-state index in [0.29, 0.717) is 0 Å². The molecule has 1 amide bonds. The van der Waals surface area contributed by atoms with E-state index in [4.69, 9.17) is 5.73 Å². The first-order chi connectivity index (χ1) is 8.00. The van der Waals surface area contributed by atoms with Crippen LogP contribution in [0, 0.1) is 11.6 Å². The molecule has 4 nitrogen and oxygen atoms in total. The van der Waals surface area contributed by atoms with Crippen molar-refractivity contribution in [2.24, 2.45) is 12.8 Å². The highest BCUT2D eigenvalue weighted by Gasteiger charge is 2.18. The Labute approximate surface area is 95.7 Å². The van der Waals surface area contributed by atoms with Gasteiger partial charge in [-0.25, -0.2) is 13.8 Å². The van der Waals surface area contributed by atoms with Crippen molar-refractivity contribution in [1.82, 2.24) is 9.55 Å². The van der Waals surface area contributed by atoms with Crippen molar-refractivity contribution >= 4 is 5.91 Å². The lowest BCUT2D eigenvalue weighted by molar-refractivity contribution is 0.0996. The number of benzene rings is 1. The molecule has 0 saturated carbocycles. The van der Waals surface area contributed by atoms with Crippen LogP contribution >= 0.6 is 0 Å². The number of halogens is 2. The Kier molecular flexibility index (Phi) is 2.63. The number of primary amides is 1. The summed E-state index contributed by atoms with van der Waals surface area (Å²) in [6, 6.07) is 3.50. The van der Waals surface area contributed by atoms with Gasteiger partial charge in [-0.15, -0.1) is 0 Å². The van der Waals surface area contributed by atoms with Gasteiger partial charge < -0.3 is 10.3 Å². The molecule has 0 aliphatic heterocycles. The minimum absolute atomic E-state index is 0.0226. The molecule has 6 heteroatoms. The van der Waals surface area contributed by atoms with Gasteiger partial charge in [-0.3, -0.25) is 4.79 Å². The van der Waals surface area contributed by atoms with E-state index in [-0.39, 0.29) is 17.1 Å². The van der Waals surface area contributed by atoms with E-state index >= 15 is 0 Å². The SMILES string of the molecule is Cn1cc(C(N)=O)nc1-c1c(F)cccc1F. The number of rotatable bonds is 2. The fourth-order valence-electron chi connectivity index (χ4n) is 1.53. The third-order valence-corrected chi connectivity index (χ3v) is 2.32. The van der Waals surface area contributed by atoms with Crippen molar-refractivity contribution in [3.8, 4) is 11.4 Å². The highest BCUT2D eigenvalue weighted by atomic mass is 19.1. The van der Waals surface area contributed by atoms with Gasteiger partial charge in [-0.1, -0.05) is 6.07 Å². The zero-order valence-corrected chi connectivity index (χ0v) is 8.95. The molecule has 0 atom stereocenters. The Morgan fingerprint density at radius 3 is 2.41 bits per heavy atom. The average molecular weight is 237 g/mol.